The first-order valence-corrected chi connectivity index (χ1v) is 9.11. The Labute approximate surface area is 166 Å². The van der Waals surface area contributed by atoms with Crippen molar-refractivity contribution in [3.8, 4) is 0 Å². The topological polar surface area (TPSA) is 62.3 Å². The summed E-state index contributed by atoms with van der Waals surface area (Å²) in [6, 6.07) is 15.6. The molecule has 29 heavy (non-hydrogen) atoms. The number of fused-ring (bicyclic) bond motifs is 1. The summed E-state index contributed by atoms with van der Waals surface area (Å²) in [5, 5.41) is 2.18. The van der Waals surface area contributed by atoms with Crippen molar-refractivity contribution in [1.82, 2.24) is 9.88 Å². The van der Waals surface area contributed by atoms with Crippen molar-refractivity contribution in [3.05, 3.63) is 94.8 Å². The minimum Gasteiger partial charge on any atom is -0.333 e. The molecule has 3 aromatic rings. The lowest BCUT2D eigenvalue weighted by Crippen LogP contribution is -2.36. The van der Waals surface area contributed by atoms with Gasteiger partial charge in [-0.15, -0.1) is 0 Å². The molecule has 0 unspecified atom stereocenters. The average molecular weight is 393 g/mol. The Morgan fingerprint density at radius 3 is 2.28 bits per heavy atom. The molecule has 4 rings (SSSR count). The number of nitrogens with zero attached hydrogens (tertiary/aromatic N) is 2. The van der Waals surface area contributed by atoms with E-state index in [4.69, 9.17) is 0 Å². The van der Waals surface area contributed by atoms with Gasteiger partial charge in [0.05, 0.1) is 0 Å². The first-order valence-electron chi connectivity index (χ1n) is 9.11. The first kappa shape index (κ1) is 18.7. The number of carbonyl (C=O) groups is 2. The Morgan fingerprint density at radius 1 is 0.862 bits per heavy atom. The van der Waals surface area contributed by atoms with Crippen molar-refractivity contribution in [2.24, 2.45) is 0 Å². The molecule has 2 heterocycles. The maximum Gasteiger partial charge on any atom is 0.274 e. The number of para-hydroxylation sites is 1. The van der Waals surface area contributed by atoms with E-state index >= 15 is 0 Å². The predicted octanol–water partition coefficient (Wildman–Crippen LogP) is 3.81. The van der Waals surface area contributed by atoms with Crippen LogP contribution in [0.25, 0.3) is 0 Å². The fourth-order valence-electron chi connectivity index (χ4n) is 3.31. The van der Waals surface area contributed by atoms with Gasteiger partial charge in [-0.25, -0.2) is 13.8 Å². The molecule has 0 saturated heterocycles. The quantitative estimate of drug-likeness (QED) is 0.736. The van der Waals surface area contributed by atoms with Crippen LogP contribution in [0.5, 0.6) is 0 Å². The Bertz CT molecular complexity index is 1080. The van der Waals surface area contributed by atoms with Crippen molar-refractivity contribution in [2.45, 2.75) is 13.0 Å². The standard InChI is InChI=1S/C22H17F2N3O2/c23-16-7-3-8-17(24)20(16)26-21(28)18-9-4-10-19(25-18)22(29)27-12-11-14-5-1-2-6-15(14)13-27/h1-10H,11-13H2,(H,26,28). The van der Waals surface area contributed by atoms with Crippen LogP contribution in [-0.4, -0.2) is 28.2 Å². The molecule has 0 fully saturated rings. The van der Waals surface area contributed by atoms with Gasteiger partial charge in [0, 0.05) is 13.1 Å². The highest BCUT2D eigenvalue weighted by Gasteiger charge is 2.23. The van der Waals surface area contributed by atoms with Crippen LogP contribution in [0.1, 0.15) is 32.1 Å². The normalized spacial score (nSPS) is 13.0. The van der Waals surface area contributed by atoms with E-state index in [9.17, 15) is 18.4 Å². The van der Waals surface area contributed by atoms with Gasteiger partial charge in [0.15, 0.2) is 0 Å². The average Bonchev–Trinajstić information content (AvgIpc) is 2.75. The molecule has 0 spiro atoms. The highest BCUT2D eigenvalue weighted by Crippen LogP contribution is 2.21. The highest BCUT2D eigenvalue weighted by atomic mass is 19.1. The van der Waals surface area contributed by atoms with E-state index < -0.39 is 23.2 Å². The van der Waals surface area contributed by atoms with Crippen LogP contribution >= 0.6 is 0 Å². The van der Waals surface area contributed by atoms with Gasteiger partial charge in [-0.3, -0.25) is 9.59 Å². The Hall–Kier alpha value is -3.61. The number of benzene rings is 2. The molecule has 0 aliphatic carbocycles. The number of halogens is 2. The third-order valence-electron chi connectivity index (χ3n) is 4.82. The molecule has 0 bridgehead atoms. The van der Waals surface area contributed by atoms with Crippen LogP contribution in [0.4, 0.5) is 14.5 Å². The van der Waals surface area contributed by atoms with E-state index in [0.29, 0.717) is 13.1 Å². The summed E-state index contributed by atoms with van der Waals surface area (Å²) in [7, 11) is 0. The van der Waals surface area contributed by atoms with Crippen molar-refractivity contribution >= 4 is 17.5 Å². The zero-order chi connectivity index (χ0) is 20.4. The summed E-state index contributed by atoms with van der Waals surface area (Å²) in [6.45, 7) is 1.02. The zero-order valence-corrected chi connectivity index (χ0v) is 15.4. The molecule has 0 radical (unpaired) electrons. The Balaban J connectivity index is 1.53. The molecule has 146 valence electrons. The summed E-state index contributed by atoms with van der Waals surface area (Å²) in [6.07, 6.45) is 0.745. The van der Waals surface area contributed by atoms with Gasteiger partial charge >= 0.3 is 0 Å². The fourth-order valence-corrected chi connectivity index (χ4v) is 3.31. The molecular weight excluding hydrogens is 376 g/mol. The van der Waals surface area contributed by atoms with E-state index in [0.717, 1.165) is 24.1 Å². The Kier molecular flexibility index (Phi) is 5.03. The van der Waals surface area contributed by atoms with Crippen LogP contribution in [0.15, 0.2) is 60.7 Å². The second kappa shape index (κ2) is 7.79. The maximum atomic E-state index is 13.8. The van der Waals surface area contributed by atoms with Crippen LogP contribution in [0, 0.1) is 11.6 Å². The zero-order valence-electron chi connectivity index (χ0n) is 15.4. The van der Waals surface area contributed by atoms with E-state index in [-0.39, 0.29) is 17.3 Å². The lowest BCUT2D eigenvalue weighted by molar-refractivity contribution is 0.0728. The van der Waals surface area contributed by atoms with Gasteiger partial charge < -0.3 is 10.2 Å². The second-order valence-electron chi connectivity index (χ2n) is 6.70. The second-order valence-corrected chi connectivity index (χ2v) is 6.70. The van der Waals surface area contributed by atoms with Gasteiger partial charge in [-0.2, -0.15) is 0 Å². The molecule has 2 amide bonds. The molecule has 7 heteroatoms. The first-order chi connectivity index (χ1) is 14.0. The number of anilines is 1. The minimum atomic E-state index is -0.891. The maximum absolute atomic E-state index is 13.8. The van der Waals surface area contributed by atoms with Crippen LogP contribution in [0.3, 0.4) is 0 Å². The lowest BCUT2D eigenvalue weighted by Gasteiger charge is -2.28. The molecule has 1 N–H and O–H groups in total. The smallest absolute Gasteiger partial charge is 0.274 e. The molecule has 1 aromatic heterocycles. The minimum absolute atomic E-state index is 0.101. The van der Waals surface area contributed by atoms with Gasteiger partial charge in [-0.05, 0) is 41.8 Å². The molecule has 2 aromatic carbocycles. The van der Waals surface area contributed by atoms with Gasteiger partial charge in [-0.1, -0.05) is 36.4 Å². The third-order valence-corrected chi connectivity index (χ3v) is 4.82. The number of aromatic nitrogens is 1. The summed E-state index contributed by atoms with van der Waals surface area (Å²) in [4.78, 5) is 31.0. The highest BCUT2D eigenvalue weighted by molar-refractivity contribution is 6.04. The van der Waals surface area contributed by atoms with Crippen molar-refractivity contribution in [1.29, 1.82) is 0 Å². The van der Waals surface area contributed by atoms with Crippen molar-refractivity contribution in [2.75, 3.05) is 11.9 Å². The molecule has 5 nitrogen and oxygen atoms in total. The fraction of sp³-hybridized carbons (Fsp3) is 0.136. The predicted molar refractivity (Wildman–Crippen MR) is 103 cm³/mol. The largest absolute Gasteiger partial charge is 0.333 e. The number of rotatable bonds is 3. The van der Waals surface area contributed by atoms with Gasteiger partial charge in [0.25, 0.3) is 11.8 Å². The monoisotopic (exact) mass is 393 g/mol. The number of carbonyl (C=O) groups excluding carboxylic acids is 2. The molecular formula is C22H17F2N3O2. The van der Waals surface area contributed by atoms with Crippen LogP contribution in [0.2, 0.25) is 0 Å². The molecule has 0 atom stereocenters. The van der Waals surface area contributed by atoms with Gasteiger partial charge in [0.2, 0.25) is 0 Å². The summed E-state index contributed by atoms with van der Waals surface area (Å²) in [5.41, 5.74) is 1.74. The van der Waals surface area contributed by atoms with Crippen molar-refractivity contribution in [3.63, 3.8) is 0 Å². The van der Waals surface area contributed by atoms with Crippen LogP contribution < -0.4 is 5.32 Å². The number of hydrogen-bond acceptors (Lipinski definition) is 3. The van der Waals surface area contributed by atoms with E-state index in [1.807, 2.05) is 24.3 Å². The SMILES string of the molecule is O=C(Nc1c(F)cccc1F)c1cccc(C(=O)N2CCc3ccccc3C2)n1. The summed E-state index contributed by atoms with van der Waals surface area (Å²) < 4.78 is 27.5. The summed E-state index contributed by atoms with van der Waals surface area (Å²) >= 11 is 0. The van der Waals surface area contributed by atoms with E-state index in [2.05, 4.69) is 10.3 Å². The third kappa shape index (κ3) is 3.85. The lowest BCUT2D eigenvalue weighted by atomic mass is 10.00. The molecule has 1 aliphatic rings. The van der Waals surface area contributed by atoms with E-state index in [1.54, 1.807) is 4.90 Å². The number of pyridine rings is 1. The number of amides is 2. The number of hydrogen-bond donors (Lipinski definition) is 1. The number of nitrogens with one attached hydrogen (secondary N) is 1. The van der Waals surface area contributed by atoms with Crippen LogP contribution in [-0.2, 0) is 13.0 Å². The van der Waals surface area contributed by atoms with Crippen molar-refractivity contribution < 1.29 is 18.4 Å². The van der Waals surface area contributed by atoms with Gasteiger partial charge in [0.1, 0.15) is 28.7 Å². The van der Waals surface area contributed by atoms with E-state index in [1.165, 1.54) is 29.8 Å². The Morgan fingerprint density at radius 2 is 1.52 bits per heavy atom. The molecule has 1 aliphatic heterocycles. The summed E-state index contributed by atoms with van der Waals surface area (Å²) in [5.74, 6) is -2.88. The molecule has 0 saturated carbocycles.